The molecular formula is C29H32ClFN2O2. The van der Waals surface area contributed by atoms with Gasteiger partial charge in [0.1, 0.15) is 11.9 Å². The largest absolute Gasteiger partial charge is 0.354 e. The molecule has 1 N–H and O–H groups in total. The molecule has 0 aliphatic heterocycles. The summed E-state index contributed by atoms with van der Waals surface area (Å²) in [5.41, 5.74) is 3.03. The van der Waals surface area contributed by atoms with Crippen molar-refractivity contribution >= 4 is 23.4 Å². The van der Waals surface area contributed by atoms with Gasteiger partial charge >= 0.3 is 0 Å². The van der Waals surface area contributed by atoms with E-state index in [4.69, 9.17) is 11.6 Å². The molecule has 0 radical (unpaired) electrons. The number of amides is 2. The molecule has 3 rings (SSSR count). The summed E-state index contributed by atoms with van der Waals surface area (Å²) in [7, 11) is 0. The van der Waals surface area contributed by atoms with Gasteiger partial charge in [-0.05, 0) is 36.6 Å². The smallest absolute Gasteiger partial charge is 0.243 e. The molecular weight excluding hydrogens is 463 g/mol. The molecule has 0 bridgehead atoms. The quantitative estimate of drug-likeness (QED) is 0.338. The average Bonchev–Trinajstić information content (AvgIpc) is 2.84. The Labute approximate surface area is 212 Å². The maximum atomic E-state index is 14.5. The third-order valence-electron chi connectivity index (χ3n) is 5.93. The summed E-state index contributed by atoms with van der Waals surface area (Å²) in [4.78, 5) is 28.7. The van der Waals surface area contributed by atoms with E-state index >= 15 is 0 Å². The Morgan fingerprint density at radius 1 is 1.00 bits per heavy atom. The molecule has 2 amide bonds. The minimum Gasteiger partial charge on any atom is -0.354 e. The fourth-order valence-electron chi connectivity index (χ4n) is 4.02. The van der Waals surface area contributed by atoms with E-state index < -0.39 is 11.9 Å². The van der Waals surface area contributed by atoms with Crippen LogP contribution in [0.1, 0.15) is 42.0 Å². The summed E-state index contributed by atoms with van der Waals surface area (Å²) >= 11 is 6.23. The van der Waals surface area contributed by atoms with E-state index in [-0.39, 0.29) is 35.4 Å². The van der Waals surface area contributed by atoms with E-state index in [1.165, 1.54) is 12.1 Å². The van der Waals surface area contributed by atoms with E-state index in [0.717, 1.165) is 29.5 Å². The van der Waals surface area contributed by atoms with Crippen molar-refractivity contribution < 1.29 is 14.0 Å². The Morgan fingerprint density at radius 2 is 1.71 bits per heavy atom. The van der Waals surface area contributed by atoms with Crippen LogP contribution in [0.15, 0.2) is 72.8 Å². The first-order chi connectivity index (χ1) is 16.9. The topological polar surface area (TPSA) is 49.4 Å². The summed E-state index contributed by atoms with van der Waals surface area (Å²) in [6, 6.07) is 21.0. The Morgan fingerprint density at radius 3 is 2.40 bits per heavy atom. The Kier molecular flexibility index (Phi) is 9.86. The van der Waals surface area contributed by atoms with Crippen LogP contribution >= 0.6 is 11.6 Å². The van der Waals surface area contributed by atoms with Gasteiger partial charge in [0, 0.05) is 30.1 Å². The van der Waals surface area contributed by atoms with E-state index in [2.05, 4.69) is 12.2 Å². The van der Waals surface area contributed by atoms with Crippen LogP contribution in [0.3, 0.4) is 0 Å². The van der Waals surface area contributed by atoms with Crippen LogP contribution in [-0.4, -0.2) is 29.3 Å². The predicted octanol–water partition coefficient (Wildman–Crippen LogP) is 5.89. The van der Waals surface area contributed by atoms with E-state index in [1.807, 2.05) is 61.5 Å². The second-order valence-electron chi connectivity index (χ2n) is 8.74. The highest BCUT2D eigenvalue weighted by Crippen LogP contribution is 2.22. The highest BCUT2D eigenvalue weighted by Gasteiger charge is 2.31. The summed E-state index contributed by atoms with van der Waals surface area (Å²) in [5, 5.41) is 3.19. The molecule has 1 atom stereocenters. The molecule has 35 heavy (non-hydrogen) atoms. The van der Waals surface area contributed by atoms with Crippen molar-refractivity contribution in [1.82, 2.24) is 10.2 Å². The lowest BCUT2D eigenvalue weighted by atomic mass is 10.0. The third kappa shape index (κ3) is 7.66. The number of carbonyl (C=O) groups is 2. The molecule has 0 saturated carbocycles. The highest BCUT2D eigenvalue weighted by atomic mass is 35.5. The molecule has 0 saturated heterocycles. The van der Waals surface area contributed by atoms with E-state index in [9.17, 15) is 14.0 Å². The van der Waals surface area contributed by atoms with E-state index in [0.29, 0.717) is 13.0 Å². The molecule has 0 fully saturated rings. The number of nitrogens with zero attached hydrogens (tertiary/aromatic N) is 1. The lowest BCUT2D eigenvalue weighted by Gasteiger charge is -2.32. The number of carbonyl (C=O) groups excluding carboxylic acids is 2. The van der Waals surface area contributed by atoms with Crippen molar-refractivity contribution in [1.29, 1.82) is 0 Å². The van der Waals surface area contributed by atoms with Gasteiger partial charge in [0.25, 0.3) is 0 Å². The summed E-state index contributed by atoms with van der Waals surface area (Å²) < 4.78 is 14.5. The SMILES string of the molecule is CCCCNC(=O)[C@H](Cc1ccccc1)N(Cc1cccc(C)c1)C(=O)Cc1c(F)cccc1Cl. The molecule has 0 spiro atoms. The molecule has 184 valence electrons. The number of hydrogen-bond acceptors (Lipinski definition) is 2. The van der Waals surface area contributed by atoms with Crippen molar-refractivity contribution in [3.63, 3.8) is 0 Å². The molecule has 3 aromatic carbocycles. The second-order valence-corrected chi connectivity index (χ2v) is 9.14. The Hall–Kier alpha value is -3.18. The second kappa shape index (κ2) is 13.1. The number of unbranched alkanes of at least 4 members (excludes halogenated alkanes) is 1. The molecule has 0 aliphatic carbocycles. The maximum Gasteiger partial charge on any atom is 0.243 e. The third-order valence-corrected chi connectivity index (χ3v) is 6.28. The van der Waals surface area contributed by atoms with Crippen molar-refractivity contribution in [3.05, 3.63) is 106 Å². The van der Waals surface area contributed by atoms with Crippen LogP contribution in [0.2, 0.25) is 5.02 Å². The molecule has 0 unspecified atom stereocenters. The summed E-state index contributed by atoms with van der Waals surface area (Å²) in [6.07, 6.45) is 1.91. The summed E-state index contributed by atoms with van der Waals surface area (Å²) in [5.74, 6) is -1.11. The minimum absolute atomic E-state index is 0.137. The number of nitrogens with one attached hydrogen (secondary N) is 1. The van der Waals surface area contributed by atoms with Crippen LogP contribution in [0, 0.1) is 12.7 Å². The molecule has 6 heteroatoms. The number of hydrogen-bond donors (Lipinski definition) is 1. The van der Waals surface area contributed by atoms with Crippen molar-refractivity contribution in [2.24, 2.45) is 0 Å². The number of rotatable bonds is 11. The van der Waals surface area contributed by atoms with E-state index in [1.54, 1.807) is 11.0 Å². The zero-order valence-electron chi connectivity index (χ0n) is 20.3. The fourth-order valence-corrected chi connectivity index (χ4v) is 4.25. The van der Waals surface area contributed by atoms with Gasteiger partial charge in [-0.1, -0.05) is 91.2 Å². The number of benzene rings is 3. The van der Waals surface area contributed by atoms with Crippen molar-refractivity contribution in [2.45, 2.75) is 52.1 Å². The summed E-state index contributed by atoms with van der Waals surface area (Å²) in [6.45, 7) is 4.80. The average molecular weight is 495 g/mol. The minimum atomic E-state index is -0.757. The predicted molar refractivity (Wildman–Crippen MR) is 139 cm³/mol. The van der Waals surface area contributed by atoms with Crippen LogP contribution in [-0.2, 0) is 29.0 Å². The molecule has 0 aliphatic rings. The Bertz CT molecular complexity index is 1120. The molecule has 0 aromatic heterocycles. The number of halogens is 2. The molecule has 3 aromatic rings. The van der Waals surface area contributed by atoms with Gasteiger partial charge in [-0.15, -0.1) is 0 Å². The number of aryl methyl sites for hydroxylation is 1. The van der Waals surface area contributed by atoms with Crippen LogP contribution < -0.4 is 5.32 Å². The van der Waals surface area contributed by atoms with Crippen LogP contribution in [0.5, 0.6) is 0 Å². The van der Waals surface area contributed by atoms with Crippen LogP contribution in [0.25, 0.3) is 0 Å². The first-order valence-electron chi connectivity index (χ1n) is 12.0. The van der Waals surface area contributed by atoms with Gasteiger partial charge in [0.05, 0.1) is 6.42 Å². The van der Waals surface area contributed by atoms with Gasteiger partial charge in [-0.2, -0.15) is 0 Å². The van der Waals surface area contributed by atoms with Crippen molar-refractivity contribution in [3.8, 4) is 0 Å². The van der Waals surface area contributed by atoms with Gasteiger partial charge in [0.15, 0.2) is 0 Å². The zero-order valence-corrected chi connectivity index (χ0v) is 21.0. The maximum absolute atomic E-state index is 14.5. The normalized spacial score (nSPS) is 11.7. The van der Waals surface area contributed by atoms with Gasteiger partial charge in [0.2, 0.25) is 11.8 Å². The highest BCUT2D eigenvalue weighted by molar-refractivity contribution is 6.31. The lowest BCUT2D eigenvalue weighted by molar-refractivity contribution is -0.140. The van der Waals surface area contributed by atoms with Crippen molar-refractivity contribution in [2.75, 3.05) is 6.54 Å². The fraction of sp³-hybridized carbons (Fsp3) is 0.310. The molecule has 0 heterocycles. The van der Waals surface area contributed by atoms with Crippen LogP contribution in [0.4, 0.5) is 4.39 Å². The standard InChI is InChI=1S/C29H32ClFN2O2/c1-3-4-16-32-29(35)27(18-22-11-6-5-7-12-22)33(20-23-13-8-10-21(2)17-23)28(34)19-24-25(30)14-9-15-26(24)31/h5-15,17,27H,3-4,16,18-20H2,1-2H3,(H,32,35)/t27-/m0/s1. The first kappa shape index (κ1) is 26.4. The van der Waals surface area contributed by atoms with Gasteiger partial charge in [-0.25, -0.2) is 4.39 Å². The monoisotopic (exact) mass is 494 g/mol. The lowest BCUT2D eigenvalue weighted by Crippen LogP contribution is -2.51. The first-order valence-corrected chi connectivity index (χ1v) is 12.4. The molecule has 4 nitrogen and oxygen atoms in total. The van der Waals surface area contributed by atoms with Gasteiger partial charge < -0.3 is 10.2 Å². The van der Waals surface area contributed by atoms with Gasteiger partial charge in [-0.3, -0.25) is 9.59 Å². The zero-order chi connectivity index (χ0) is 25.2. The Balaban J connectivity index is 1.98.